The van der Waals surface area contributed by atoms with E-state index in [2.05, 4.69) is 15.9 Å². The SMILES string of the molecule is Br.CC(N)CBr. The second-order valence-electron chi connectivity index (χ2n) is 1.13. The average Bonchev–Trinajstić information content (AvgIpc) is 1.38. The molecule has 0 radical (unpaired) electrons. The maximum absolute atomic E-state index is 5.24. The summed E-state index contributed by atoms with van der Waals surface area (Å²) < 4.78 is 0. The minimum absolute atomic E-state index is 0. The van der Waals surface area contributed by atoms with Crippen molar-refractivity contribution in [3.63, 3.8) is 0 Å². The molecule has 0 aromatic carbocycles. The lowest BCUT2D eigenvalue weighted by Gasteiger charge is -1.90. The van der Waals surface area contributed by atoms with Gasteiger partial charge in [0, 0.05) is 11.4 Å². The first-order valence-corrected chi connectivity index (χ1v) is 2.71. The standard InChI is InChI=1S/C3H8BrN.BrH/c1-3(5)2-4;/h3H,2,5H2,1H3;1H. The van der Waals surface area contributed by atoms with E-state index in [1.807, 2.05) is 6.92 Å². The van der Waals surface area contributed by atoms with Crippen LogP contribution in [-0.2, 0) is 0 Å². The summed E-state index contributed by atoms with van der Waals surface area (Å²) in [4.78, 5) is 0. The summed E-state index contributed by atoms with van der Waals surface area (Å²) in [6.07, 6.45) is 0. The quantitative estimate of drug-likeness (QED) is 0.661. The summed E-state index contributed by atoms with van der Waals surface area (Å²) in [5.41, 5.74) is 5.24. The summed E-state index contributed by atoms with van der Waals surface area (Å²) in [7, 11) is 0. The molecule has 0 spiro atoms. The number of nitrogens with two attached hydrogens (primary N) is 1. The normalized spacial score (nSPS) is 12.5. The maximum Gasteiger partial charge on any atom is 0.0181 e. The van der Waals surface area contributed by atoms with Gasteiger partial charge in [-0.2, -0.15) is 0 Å². The highest BCUT2D eigenvalue weighted by molar-refractivity contribution is 9.09. The fourth-order valence-corrected chi connectivity index (χ4v) is 0. The highest BCUT2D eigenvalue weighted by atomic mass is 79.9. The fraction of sp³-hybridized carbons (Fsp3) is 1.00. The van der Waals surface area contributed by atoms with Gasteiger partial charge in [-0.05, 0) is 6.92 Å². The van der Waals surface area contributed by atoms with Crippen molar-refractivity contribution in [3.05, 3.63) is 0 Å². The molecule has 0 bridgehead atoms. The number of hydrogen-bond acceptors (Lipinski definition) is 1. The van der Waals surface area contributed by atoms with Gasteiger partial charge in [0.25, 0.3) is 0 Å². The highest BCUT2D eigenvalue weighted by Gasteiger charge is 1.81. The minimum Gasteiger partial charge on any atom is -0.327 e. The molecule has 0 aromatic heterocycles. The summed E-state index contributed by atoms with van der Waals surface area (Å²) in [6, 6.07) is 0.301. The second-order valence-corrected chi connectivity index (χ2v) is 1.78. The molecule has 0 fully saturated rings. The summed E-state index contributed by atoms with van der Waals surface area (Å²) >= 11 is 3.19. The van der Waals surface area contributed by atoms with Crippen LogP contribution >= 0.6 is 32.9 Å². The number of hydrogen-bond donors (Lipinski definition) is 1. The summed E-state index contributed by atoms with van der Waals surface area (Å²) in [5, 5.41) is 0.896. The Morgan fingerprint density at radius 2 is 2.00 bits per heavy atom. The van der Waals surface area contributed by atoms with Crippen molar-refractivity contribution in [2.75, 3.05) is 5.33 Å². The average molecular weight is 219 g/mol. The Hall–Kier alpha value is 0.920. The van der Waals surface area contributed by atoms with E-state index in [0.29, 0.717) is 6.04 Å². The van der Waals surface area contributed by atoms with Crippen LogP contribution in [-0.4, -0.2) is 11.4 Å². The fourth-order valence-electron chi connectivity index (χ4n) is 0. The van der Waals surface area contributed by atoms with Crippen LogP contribution < -0.4 is 5.73 Å². The van der Waals surface area contributed by atoms with Gasteiger partial charge in [-0.1, -0.05) is 15.9 Å². The third kappa shape index (κ3) is 8.87. The van der Waals surface area contributed by atoms with E-state index < -0.39 is 0 Å². The van der Waals surface area contributed by atoms with Gasteiger partial charge in [0.1, 0.15) is 0 Å². The third-order valence-electron chi connectivity index (χ3n) is 0.243. The van der Waals surface area contributed by atoms with Gasteiger partial charge in [0.2, 0.25) is 0 Å². The highest BCUT2D eigenvalue weighted by Crippen LogP contribution is 1.80. The van der Waals surface area contributed by atoms with Crippen LogP contribution in [0.3, 0.4) is 0 Å². The van der Waals surface area contributed by atoms with Crippen LogP contribution in [0.2, 0.25) is 0 Å². The molecule has 6 heavy (non-hydrogen) atoms. The first-order chi connectivity index (χ1) is 2.27. The Morgan fingerprint density at radius 3 is 2.00 bits per heavy atom. The topological polar surface area (TPSA) is 26.0 Å². The molecule has 0 heterocycles. The van der Waals surface area contributed by atoms with Crippen molar-refractivity contribution in [1.29, 1.82) is 0 Å². The molecule has 2 N–H and O–H groups in total. The molecular formula is C3H9Br2N. The van der Waals surface area contributed by atoms with E-state index in [4.69, 9.17) is 5.73 Å². The van der Waals surface area contributed by atoms with E-state index in [-0.39, 0.29) is 17.0 Å². The van der Waals surface area contributed by atoms with Gasteiger partial charge in [-0.3, -0.25) is 0 Å². The molecule has 0 amide bonds. The predicted octanol–water partition coefficient (Wildman–Crippen LogP) is 1.31. The molecule has 0 saturated carbocycles. The van der Waals surface area contributed by atoms with Crippen LogP contribution in [0.1, 0.15) is 6.92 Å². The van der Waals surface area contributed by atoms with Crippen molar-refractivity contribution in [1.82, 2.24) is 0 Å². The molecule has 1 atom stereocenters. The molecule has 0 rings (SSSR count). The molecule has 3 heteroatoms. The molecule has 1 nitrogen and oxygen atoms in total. The summed E-state index contributed by atoms with van der Waals surface area (Å²) in [6.45, 7) is 1.95. The zero-order valence-electron chi connectivity index (χ0n) is 3.65. The van der Waals surface area contributed by atoms with Crippen LogP contribution in [0.25, 0.3) is 0 Å². The number of rotatable bonds is 1. The molecule has 0 aliphatic heterocycles. The minimum atomic E-state index is 0. The van der Waals surface area contributed by atoms with Crippen molar-refractivity contribution >= 4 is 32.9 Å². The van der Waals surface area contributed by atoms with Gasteiger partial charge in [-0.25, -0.2) is 0 Å². The lowest BCUT2D eigenvalue weighted by molar-refractivity contribution is 0.854. The largest absolute Gasteiger partial charge is 0.327 e. The Labute approximate surface area is 57.2 Å². The van der Waals surface area contributed by atoms with Crippen LogP contribution in [0.5, 0.6) is 0 Å². The van der Waals surface area contributed by atoms with Gasteiger partial charge in [-0.15, -0.1) is 17.0 Å². The van der Waals surface area contributed by atoms with Gasteiger partial charge < -0.3 is 5.73 Å². The van der Waals surface area contributed by atoms with Crippen molar-refractivity contribution in [2.24, 2.45) is 5.73 Å². The van der Waals surface area contributed by atoms with Gasteiger partial charge >= 0.3 is 0 Å². The Kier molecular flexibility index (Phi) is 9.89. The second kappa shape index (κ2) is 5.92. The van der Waals surface area contributed by atoms with Crippen LogP contribution in [0.15, 0.2) is 0 Å². The smallest absolute Gasteiger partial charge is 0.0181 e. The zero-order valence-corrected chi connectivity index (χ0v) is 6.95. The molecule has 1 unspecified atom stereocenters. The van der Waals surface area contributed by atoms with Gasteiger partial charge in [0.05, 0.1) is 0 Å². The molecule has 0 aromatic rings. The lowest BCUT2D eigenvalue weighted by Crippen LogP contribution is -2.15. The molecule has 0 aliphatic rings. The van der Waals surface area contributed by atoms with E-state index in [1.54, 1.807) is 0 Å². The first-order valence-electron chi connectivity index (χ1n) is 1.59. The van der Waals surface area contributed by atoms with Crippen molar-refractivity contribution < 1.29 is 0 Å². The van der Waals surface area contributed by atoms with E-state index in [0.717, 1.165) is 5.33 Å². The monoisotopic (exact) mass is 217 g/mol. The lowest BCUT2D eigenvalue weighted by atomic mass is 10.4. The van der Waals surface area contributed by atoms with E-state index >= 15 is 0 Å². The Bertz CT molecular complexity index is 22.8. The predicted molar refractivity (Wildman–Crippen MR) is 37.8 cm³/mol. The zero-order chi connectivity index (χ0) is 4.28. The van der Waals surface area contributed by atoms with Crippen LogP contribution in [0.4, 0.5) is 0 Å². The Balaban J connectivity index is 0. The van der Waals surface area contributed by atoms with Gasteiger partial charge in [0.15, 0.2) is 0 Å². The van der Waals surface area contributed by atoms with E-state index in [1.165, 1.54) is 0 Å². The number of halogens is 2. The number of alkyl halides is 1. The molecule has 0 saturated heterocycles. The van der Waals surface area contributed by atoms with Crippen LogP contribution in [0, 0.1) is 0 Å². The maximum atomic E-state index is 5.24. The van der Waals surface area contributed by atoms with E-state index in [9.17, 15) is 0 Å². The van der Waals surface area contributed by atoms with Crippen molar-refractivity contribution in [2.45, 2.75) is 13.0 Å². The third-order valence-corrected chi connectivity index (χ3v) is 1.26. The molecule has 0 aliphatic carbocycles. The summed E-state index contributed by atoms with van der Waals surface area (Å²) in [5.74, 6) is 0. The first kappa shape index (κ1) is 10.0. The van der Waals surface area contributed by atoms with Crippen molar-refractivity contribution in [3.8, 4) is 0 Å². The molecule has 40 valence electrons. The Morgan fingerprint density at radius 1 is 1.83 bits per heavy atom. The molecular weight excluding hydrogens is 210 g/mol.